The number of carbonyl (C=O) groups excluding carboxylic acids is 1. The molecule has 1 atom stereocenters. The van der Waals surface area contributed by atoms with Crippen LogP contribution in [0, 0.1) is 11.7 Å². The van der Waals surface area contributed by atoms with Crippen molar-refractivity contribution in [3.8, 4) is 11.3 Å². The molecule has 6 N–H and O–H groups in total. The minimum Gasteiger partial charge on any atom is -0.382 e. The van der Waals surface area contributed by atoms with Gasteiger partial charge in [-0.3, -0.25) is 9.89 Å². The highest BCUT2D eigenvalue weighted by atomic mass is 19.1. The number of aromatic amines is 1. The number of hydrogen-bond donors (Lipinski definition) is 4. The number of hydrogen-bond acceptors (Lipinski definition) is 7. The lowest BCUT2D eigenvalue weighted by Crippen LogP contribution is -2.41. The van der Waals surface area contributed by atoms with Crippen LogP contribution in [0.3, 0.4) is 0 Å². The maximum Gasteiger partial charge on any atom is 0.229 e. The van der Waals surface area contributed by atoms with Gasteiger partial charge in [0.15, 0.2) is 5.82 Å². The van der Waals surface area contributed by atoms with Crippen molar-refractivity contribution in [2.45, 2.75) is 12.8 Å². The normalized spacial score (nSPS) is 16.2. The van der Waals surface area contributed by atoms with Crippen molar-refractivity contribution in [3.05, 3.63) is 54.3 Å². The predicted molar refractivity (Wildman–Crippen MR) is 126 cm³/mol. The second-order valence-corrected chi connectivity index (χ2v) is 8.12. The molecule has 2 aromatic carbocycles. The summed E-state index contributed by atoms with van der Waals surface area (Å²) in [5, 5.41) is 10.6. The van der Waals surface area contributed by atoms with Gasteiger partial charge in [-0.05, 0) is 49.2 Å². The van der Waals surface area contributed by atoms with E-state index >= 15 is 0 Å². The van der Waals surface area contributed by atoms with Crippen LogP contribution in [0.25, 0.3) is 22.2 Å². The van der Waals surface area contributed by atoms with Crippen LogP contribution in [0.15, 0.2) is 48.5 Å². The van der Waals surface area contributed by atoms with Crippen LogP contribution in [0.5, 0.6) is 0 Å². The van der Waals surface area contributed by atoms with Gasteiger partial charge in [0.2, 0.25) is 11.9 Å². The first-order chi connectivity index (χ1) is 16.0. The van der Waals surface area contributed by atoms with Gasteiger partial charge in [-0.2, -0.15) is 10.1 Å². The van der Waals surface area contributed by atoms with E-state index in [4.69, 9.17) is 11.5 Å². The third-order valence-electron chi connectivity index (χ3n) is 5.85. The van der Waals surface area contributed by atoms with Crippen molar-refractivity contribution in [3.63, 3.8) is 0 Å². The summed E-state index contributed by atoms with van der Waals surface area (Å²) in [7, 11) is 0. The predicted octanol–water partition coefficient (Wildman–Crippen LogP) is 3.18. The Morgan fingerprint density at radius 1 is 1.12 bits per heavy atom. The molecule has 1 aliphatic heterocycles. The zero-order valence-electron chi connectivity index (χ0n) is 17.8. The van der Waals surface area contributed by atoms with E-state index in [9.17, 15) is 9.18 Å². The molecular formula is C23H23FN8O. The topological polar surface area (TPSA) is 139 Å². The van der Waals surface area contributed by atoms with Crippen molar-refractivity contribution in [2.75, 3.05) is 34.8 Å². The smallest absolute Gasteiger partial charge is 0.229 e. The molecule has 0 radical (unpaired) electrons. The molecule has 0 saturated carbocycles. The zero-order chi connectivity index (χ0) is 22.9. The number of nitrogens with zero attached hydrogens (tertiary/aromatic N) is 4. The van der Waals surface area contributed by atoms with Gasteiger partial charge in [0.05, 0.1) is 17.1 Å². The highest BCUT2D eigenvalue weighted by molar-refractivity contribution is 5.93. The molecule has 1 fully saturated rings. The van der Waals surface area contributed by atoms with Crippen LogP contribution in [-0.2, 0) is 4.79 Å². The van der Waals surface area contributed by atoms with Gasteiger partial charge in [-0.15, -0.1) is 0 Å². The van der Waals surface area contributed by atoms with E-state index < -0.39 is 0 Å². The molecule has 2 aromatic heterocycles. The Labute approximate surface area is 189 Å². The van der Waals surface area contributed by atoms with E-state index in [1.165, 1.54) is 12.1 Å². The number of amides is 1. The van der Waals surface area contributed by atoms with Crippen molar-refractivity contribution < 1.29 is 9.18 Å². The van der Waals surface area contributed by atoms with Crippen LogP contribution < -0.4 is 21.7 Å². The maximum atomic E-state index is 13.1. The highest BCUT2D eigenvalue weighted by Crippen LogP contribution is 2.29. The summed E-state index contributed by atoms with van der Waals surface area (Å²) < 4.78 is 13.1. The highest BCUT2D eigenvalue weighted by Gasteiger charge is 2.27. The molecule has 5 rings (SSSR count). The van der Waals surface area contributed by atoms with Gasteiger partial charge >= 0.3 is 0 Å². The number of anilines is 4. The van der Waals surface area contributed by atoms with E-state index in [0.717, 1.165) is 35.9 Å². The van der Waals surface area contributed by atoms with Gasteiger partial charge in [-0.1, -0.05) is 6.07 Å². The largest absolute Gasteiger partial charge is 0.382 e. The minimum absolute atomic E-state index is 0.101. The van der Waals surface area contributed by atoms with Crippen LogP contribution in [0.1, 0.15) is 12.8 Å². The van der Waals surface area contributed by atoms with Crippen LogP contribution in [0.4, 0.5) is 27.7 Å². The Morgan fingerprint density at radius 2 is 1.94 bits per heavy atom. The molecule has 4 aromatic rings. The van der Waals surface area contributed by atoms with E-state index in [2.05, 4.69) is 25.5 Å². The Bertz CT molecular complexity index is 1320. The van der Waals surface area contributed by atoms with Crippen LogP contribution >= 0.6 is 0 Å². The van der Waals surface area contributed by atoms with Crippen LogP contribution in [-0.4, -0.2) is 39.2 Å². The maximum absolute atomic E-state index is 13.1. The number of carbonyl (C=O) groups is 1. The zero-order valence-corrected chi connectivity index (χ0v) is 17.8. The molecular weight excluding hydrogens is 423 g/mol. The number of halogens is 1. The summed E-state index contributed by atoms with van der Waals surface area (Å²) >= 11 is 0. The fraction of sp³-hybridized carbons (Fsp3) is 0.217. The van der Waals surface area contributed by atoms with E-state index in [1.807, 2.05) is 29.2 Å². The first-order valence-electron chi connectivity index (χ1n) is 10.7. The standard InChI is InChI=1S/C23H23FN8O/c24-15-4-6-16(7-5-15)27-22(33)14-2-1-9-32(12-14)20-11-18(28-23(26)29-20)13-3-8-17-19(10-13)30-31-21(17)25/h3-8,10-11,14H,1-2,9,12H2,(H,27,33)(H3,25,30,31)(H2,26,28,29). The van der Waals surface area contributed by atoms with Gasteiger partial charge in [0.25, 0.3) is 0 Å². The molecule has 0 aliphatic carbocycles. The fourth-order valence-electron chi connectivity index (χ4n) is 4.14. The number of nitrogens with two attached hydrogens (primary N) is 2. The van der Waals surface area contributed by atoms with Gasteiger partial charge < -0.3 is 21.7 Å². The molecule has 0 bridgehead atoms. The number of rotatable bonds is 4. The Kier molecular flexibility index (Phi) is 5.25. The molecule has 168 valence electrons. The molecule has 0 spiro atoms. The van der Waals surface area contributed by atoms with Crippen molar-refractivity contribution in [1.29, 1.82) is 0 Å². The minimum atomic E-state index is -0.343. The third kappa shape index (κ3) is 4.27. The summed E-state index contributed by atoms with van der Waals surface area (Å²) in [5.41, 5.74) is 14.8. The number of piperidine rings is 1. The summed E-state index contributed by atoms with van der Waals surface area (Å²) in [4.78, 5) is 23.7. The first kappa shape index (κ1) is 20.7. The lowest BCUT2D eigenvalue weighted by Gasteiger charge is -2.33. The molecule has 10 heteroatoms. The fourth-order valence-corrected chi connectivity index (χ4v) is 4.14. The summed E-state index contributed by atoms with van der Waals surface area (Å²) in [6.07, 6.45) is 1.59. The summed E-state index contributed by atoms with van der Waals surface area (Å²) in [6, 6.07) is 13.3. The number of fused-ring (bicyclic) bond motifs is 1. The molecule has 1 amide bonds. The SMILES string of the molecule is Nc1nc(-c2ccc3c(N)n[nH]c3c2)cc(N2CCCC(C(=O)Nc3ccc(F)cc3)C2)n1. The lowest BCUT2D eigenvalue weighted by molar-refractivity contribution is -0.120. The average Bonchev–Trinajstić information content (AvgIpc) is 3.20. The lowest BCUT2D eigenvalue weighted by atomic mass is 9.97. The molecule has 1 unspecified atom stereocenters. The van der Waals surface area contributed by atoms with E-state index in [0.29, 0.717) is 29.6 Å². The Balaban J connectivity index is 1.36. The quantitative estimate of drug-likeness (QED) is 0.378. The van der Waals surface area contributed by atoms with Gasteiger partial charge in [-0.25, -0.2) is 9.37 Å². The van der Waals surface area contributed by atoms with Gasteiger partial charge in [0.1, 0.15) is 11.6 Å². The Morgan fingerprint density at radius 3 is 2.76 bits per heavy atom. The summed E-state index contributed by atoms with van der Waals surface area (Å²) in [6.45, 7) is 1.26. The van der Waals surface area contributed by atoms with Gasteiger partial charge in [0, 0.05) is 35.8 Å². The molecule has 3 heterocycles. The summed E-state index contributed by atoms with van der Waals surface area (Å²) in [5.74, 6) is 0.594. The molecule has 1 aliphatic rings. The second-order valence-electron chi connectivity index (χ2n) is 8.12. The van der Waals surface area contributed by atoms with Crippen molar-refractivity contribution in [1.82, 2.24) is 20.2 Å². The molecule has 9 nitrogen and oxygen atoms in total. The number of H-pyrrole nitrogens is 1. The third-order valence-corrected chi connectivity index (χ3v) is 5.85. The van der Waals surface area contributed by atoms with Crippen molar-refractivity contribution >= 4 is 40.1 Å². The van der Waals surface area contributed by atoms with Crippen molar-refractivity contribution in [2.24, 2.45) is 5.92 Å². The van der Waals surface area contributed by atoms with E-state index in [-0.39, 0.29) is 23.6 Å². The number of aromatic nitrogens is 4. The number of nitrogen functional groups attached to an aromatic ring is 2. The Hall–Kier alpha value is -4.21. The van der Waals surface area contributed by atoms with Crippen LogP contribution in [0.2, 0.25) is 0 Å². The average molecular weight is 446 g/mol. The monoisotopic (exact) mass is 446 g/mol. The first-order valence-corrected chi connectivity index (χ1v) is 10.7. The number of benzene rings is 2. The van der Waals surface area contributed by atoms with E-state index in [1.54, 1.807) is 12.1 Å². The molecule has 1 saturated heterocycles. The number of nitrogens with one attached hydrogen (secondary N) is 2. The molecule has 33 heavy (non-hydrogen) atoms. The second kappa shape index (κ2) is 8.38.